The Hall–Kier alpha value is -2.42. The van der Waals surface area contributed by atoms with Crippen molar-refractivity contribution >= 4 is 12.4 Å². The Kier molecular flexibility index (Phi) is 3.83. The van der Waals surface area contributed by atoms with E-state index in [9.17, 15) is 19.3 Å². The monoisotopic (exact) mass is 345 g/mol. The highest BCUT2D eigenvalue weighted by atomic mass is 31.2. The van der Waals surface area contributed by atoms with Crippen LogP contribution in [0.4, 0.5) is 0 Å². The molecule has 2 heterocycles. The van der Waals surface area contributed by atoms with Gasteiger partial charge in [0, 0.05) is 17.7 Å². The lowest BCUT2D eigenvalue weighted by Crippen LogP contribution is -2.41. The number of aliphatic hydroxyl groups is 1. The molecule has 0 radical (unpaired) electrons. The van der Waals surface area contributed by atoms with Crippen LogP contribution in [0, 0.1) is 11.3 Å². The first-order valence-electron chi connectivity index (χ1n) is 7.42. The van der Waals surface area contributed by atoms with Crippen LogP contribution in [0.1, 0.15) is 24.7 Å². The first-order valence-corrected chi connectivity index (χ1v) is 9.38. The Morgan fingerprint density at radius 2 is 2.04 bits per heavy atom. The van der Waals surface area contributed by atoms with Crippen molar-refractivity contribution in [3.8, 4) is 6.07 Å². The predicted octanol–water partition coefficient (Wildman–Crippen LogP) is 0.750. The van der Waals surface area contributed by atoms with Gasteiger partial charge in [0.1, 0.15) is 24.6 Å². The first-order chi connectivity index (χ1) is 11.3. The maximum Gasteiger partial charge on any atom is 0.329 e. The molecular formula is C16H16N3O4P. The molecule has 0 aliphatic carbocycles. The van der Waals surface area contributed by atoms with Crippen LogP contribution in [-0.2, 0) is 4.57 Å². The van der Waals surface area contributed by atoms with Crippen molar-refractivity contribution < 1.29 is 9.67 Å². The van der Waals surface area contributed by atoms with E-state index in [0.29, 0.717) is 5.30 Å². The van der Waals surface area contributed by atoms with Gasteiger partial charge in [-0.25, -0.2) is 4.79 Å². The van der Waals surface area contributed by atoms with Crippen LogP contribution in [0.3, 0.4) is 0 Å². The number of aromatic nitrogens is 2. The zero-order valence-electron chi connectivity index (χ0n) is 13.0. The van der Waals surface area contributed by atoms with Crippen LogP contribution in [0.15, 0.2) is 46.1 Å². The van der Waals surface area contributed by atoms with E-state index in [1.165, 1.54) is 6.92 Å². The molecule has 3 atom stereocenters. The van der Waals surface area contributed by atoms with E-state index in [2.05, 4.69) is 4.98 Å². The molecular weight excluding hydrogens is 329 g/mol. The molecule has 124 valence electrons. The fourth-order valence-electron chi connectivity index (χ4n) is 3.29. The average Bonchev–Trinajstić information content (AvgIpc) is 2.80. The molecule has 1 aromatic heterocycles. The smallest absolute Gasteiger partial charge is 0.329 e. The van der Waals surface area contributed by atoms with E-state index in [0.717, 1.165) is 10.8 Å². The number of hydrogen-bond donors (Lipinski definition) is 2. The summed E-state index contributed by atoms with van der Waals surface area (Å²) in [6.45, 7) is 1.52. The Morgan fingerprint density at radius 1 is 1.38 bits per heavy atom. The maximum absolute atomic E-state index is 13.7. The summed E-state index contributed by atoms with van der Waals surface area (Å²) in [5.41, 5.74) is -3.26. The third kappa shape index (κ3) is 2.44. The summed E-state index contributed by atoms with van der Waals surface area (Å²) in [7, 11) is -3.17. The van der Waals surface area contributed by atoms with E-state index in [1.54, 1.807) is 36.4 Å². The van der Waals surface area contributed by atoms with Gasteiger partial charge in [0.2, 0.25) is 0 Å². The van der Waals surface area contributed by atoms with Crippen LogP contribution in [0.25, 0.3) is 0 Å². The minimum atomic E-state index is -3.17. The van der Waals surface area contributed by atoms with Gasteiger partial charge in [0.25, 0.3) is 5.56 Å². The zero-order chi connectivity index (χ0) is 17.5. The Morgan fingerprint density at radius 3 is 2.67 bits per heavy atom. The van der Waals surface area contributed by atoms with Gasteiger partial charge in [-0.15, -0.1) is 0 Å². The van der Waals surface area contributed by atoms with Crippen molar-refractivity contribution in [2.45, 2.75) is 24.7 Å². The molecule has 0 spiro atoms. The van der Waals surface area contributed by atoms with E-state index in [-0.39, 0.29) is 18.1 Å². The number of rotatable bonds is 2. The van der Waals surface area contributed by atoms with Crippen molar-refractivity contribution in [3.05, 3.63) is 62.9 Å². The summed E-state index contributed by atoms with van der Waals surface area (Å²) >= 11 is 0. The number of hydrogen-bond acceptors (Lipinski definition) is 5. The fourth-order valence-corrected chi connectivity index (χ4v) is 7.14. The summed E-state index contributed by atoms with van der Waals surface area (Å²) in [5, 5.41) is 20.4. The number of nitriles is 1. The number of nitrogens with zero attached hydrogens (tertiary/aromatic N) is 2. The molecule has 2 N–H and O–H groups in total. The number of nitrogens with one attached hydrogen (secondary N) is 1. The topological polar surface area (TPSA) is 116 Å². The third-order valence-corrected chi connectivity index (χ3v) is 8.10. The van der Waals surface area contributed by atoms with Crippen LogP contribution < -0.4 is 16.6 Å². The van der Waals surface area contributed by atoms with Gasteiger partial charge in [-0.2, -0.15) is 5.26 Å². The molecule has 0 saturated carbocycles. The molecule has 7 nitrogen and oxygen atoms in total. The van der Waals surface area contributed by atoms with E-state index < -0.39 is 29.8 Å². The lowest BCUT2D eigenvalue weighted by atomic mass is 10.0. The minimum Gasteiger partial charge on any atom is -0.387 e. The largest absolute Gasteiger partial charge is 0.387 e. The lowest BCUT2D eigenvalue weighted by Gasteiger charge is -2.31. The molecule has 1 fully saturated rings. The van der Waals surface area contributed by atoms with Crippen LogP contribution >= 0.6 is 7.14 Å². The van der Waals surface area contributed by atoms with Gasteiger partial charge in [-0.3, -0.25) is 14.3 Å². The van der Waals surface area contributed by atoms with Crippen LogP contribution in [0.2, 0.25) is 0 Å². The summed E-state index contributed by atoms with van der Waals surface area (Å²) in [5.74, 6) is -1.04. The molecule has 2 aromatic rings. The molecule has 1 aliphatic rings. The van der Waals surface area contributed by atoms with Gasteiger partial charge < -0.3 is 9.67 Å². The molecule has 3 rings (SSSR count). The second-order valence-electron chi connectivity index (χ2n) is 6.16. The molecule has 1 aromatic carbocycles. The van der Waals surface area contributed by atoms with Gasteiger partial charge in [0.15, 0.2) is 0 Å². The number of H-pyrrole nitrogens is 1. The molecule has 0 amide bonds. The van der Waals surface area contributed by atoms with Gasteiger partial charge in [-0.05, 0) is 13.3 Å². The highest BCUT2D eigenvalue weighted by Crippen LogP contribution is 2.66. The summed E-state index contributed by atoms with van der Waals surface area (Å²) in [4.78, 5) is 25.9. The van der Waals surface area contributed by atoms with Crippen molar-refractivity contribution in [1.29, 1.82) is 5.26 Å². The number of benzene rings is 1. The van der Waals surface area contributed by atoms with Gasteiger partial charge in [0.05, 0.1) is 5.60 Å². The fraction of sp³-hybridized carbons (Fsp3) is 0.312. The highest BCUT2D eigenvalue weighted by molar-refractivity contribution is 7.72. The third-order valence-electron chi connectivity index (χ3n) is 4.45. The highest BCUT2D eigenvalue weighted by Gasteiger charge is 2.53. The summed E-state index contributed by atoms with van der Waals surface area (Å²) < 4.78 is 14.7. The van der Waals surface area contributed by atoms with E-state index in [1.807, 2.05) is 0 Å². The van der Waals surface area contributed by atoms with Crippen molar-refractivity contribution in [2.75, 3.05) is 6.16 Å². The summed E-state index contributed by atoms with van der Waals surface area (Å²) in [6.07, 6.45) is 1.57. The molecule has 0 bridgehead atoms. The number of aromatic amines is 1. The standard InChI is InChI=1S/C16H16N3O4P/c1-16(22)7-8-24(23,12-5-3-2-4-6-12)14(16)19-10-11(9-17)13(20)18-15(19)21/h2-6,10,14,22H,7-8H2,1H3,(H,18,20,21)/t14-,16-,24-/m1/s1. The second-order valence-corrected chi connectivity index (χ2v) is 9.20. The quantitative estimate of drug-likeness (QED) is 0.779. The van der Waals surface area contributed by atoms with E-state index in [4.69, 9.17) is 5.26 Å². The Labute approximate surface area is 137 Å². The van der Waals surface area contributed by atoms with Crippen molar-refractivity contribution in [2.24, 2.45) is 0 Å². The molecule has 1 saturated heterocycles. The Balaban J connectivity index is 2.28. The predicted molar refractivity (Wildman–Crippen MR) is 88.9 cm³/mol. The Bertz CT molecular complexity index is 985. The normalized spacial score (nSPS) is 29.3. The van der Waals surface area contributed by atoms with Crippen LogP contribution in [-0.4, -0.2) is 26.4 Å². The molecule has 1 aliphatic heterocycles. The van der Waals surface area contributed by atoms with Gasteiger partial charge in [-0.1, -0.05) is 30.3 Å². The van der Waals surface area contributed by atoms with Crippen molar-refractivity contribution in [3.63, 3.8) is 0 Å². The molecule has 0 unspecified atom stereocenters. The lowest BCUT2D eigenvalue weighted by molar-refractivity contribution is 0.0398. The average molecular weight is 345 g/mol. The second kappa shape index (κ2) is 5.59. The summed E-state index contributed by atoms with van der Waals surface area (Å²) in [6, 6.07) is 10.4. The van der Waals surface area contributed by atoms with Crippen molar-refractivity contribution in [1.82, 2.24) is 9.55 Å². The SMILES string of the molecule is C[C@@]1(O)CC[P@@](=O)(c2ccccc2)[C@H]1n1cc(C#N)c(=O)[nH]c1=O. The molecule has 8 heteroatoms. The maximum atomic E-state index is 13.7. The van der Waals surface area contributed by atoms with Gasteiger partial charge >= 0.3 is 5.69 Å². The van der Waals surface area contributed by atoms with E-state index >= 15 is 0 Å². The zero-order valence-corrected chi connectivity index (χ0v) is 13.9. The first kappa shape index (κ1) is 16.4. The minimum absolute atomic E-state index is 0.238. The van der Waals surface area contributed by atoms with Crippen LogP contribution in [0.5, 0.6) is 0 Å². The molecule has 24 heavy (non-hydrogen) atoms.